The summed E-state index contributed by atoms with van der Waals surface area (Å²) in [5.74, 6) is 0. The molecule has 0 aromatic heterocycles. The van der Waals surface area contributed by atoms with Gasteiger partial charge in [-0.3, -0.25) is 0 Å². The van der Waals surface area contributed by atoms with E-state index < -0.39 is 0 Å². The molecule has 0 spiro atoms. The average Bonchev–Trinajstić information content (AvgIpc) is 2.54. The summed E-state index contributed by atoms with van der Waals surface area (Å²) >= 11 is 0. The first-order valence-electron chi connectivity index (χ1n) is 4.67. The third-order valence-corrected chi connectivity index (χ3v) is 2.30. The lowest BCUT2D eigenvalue weighted by atomic mass is 9.90. The largest absolute Gasteiger partial charge is 0.380 e. The van der Waals surface area contributed by atoms with Crippen molar-refractivity contribution in [3.8, 4) is 0 Å². The van der Waals surface area contributed by atoms with Crippen molar-refractivity contribution in [3.63, 3.8) is 0 Å². The summed E-state index contributed by atoms with van der Waals surface area (Å²) in [4.78, 5) is 0. The highest BCUT2D eigenvalue weighted by molar-refractivity contribution is 4.80. The Balaban J connectivity index is 1.57. The van der Waals surface area contributed by atoms with E-state index in [4.69, 9.17) is 18.9 Å². The Bertz CT molecular complexity index is 161. The molecule has 2 heterocycles. The van der Waals surface area contributed by atoms with Crippen LogP contribution in [0, 0.1) is 5.41 Å². The predicted molar refractivity (Wildman–Crippen MR) is 45.4 cm³/mol. The van der Waals surface area contributed by atoms with Crippen molar-refractivity contribution in [2.75, 3.05) is 39.6 Å². The van der Waals surface area contributed by atoms with Crippen LogP contribution in [-0.2, 0) is 18.9 Å². The van der Waals surface area contributed by atoms with E-state index in [2.05, 4.69) is 6.92 Å². The smallest absolute Gasteiger partial charge is 0.181 e. The van der Waals surface area contributed by atoms with Crippen LogP contribution >= 0.6 is 0 Å². The standard InChI is InChI=1S/C9H16O4/c1-9(6-11-7-9)5-10-4-8-12-2-3-13-8/h8H,2-7H2,1H3. The predicted octanol–water partition coefficient (Wildman–Crippen LogP) is 0.412. The van der Waals surface area contributed by atoms with Crippen LogP contribution in [-0.4, -0.2) is 45.9 Å². The minimum absolute atomic E-state index is 0.149. The maximum atomic E-state index is 5.49. The maximum Gasteiger partial charge on any atom is 0.181 e. The van der Waals surface area contributed by atoms with E-state index in [1.165, 1.54) is 0 Å². The fraction of sp³-hybridized carbons (Fsp3) is 1.00. The summed E-state index contributed by atoms with van der Waals surface area (Å²) in [6.07, 6.45) is -0.149. The Labute approximate surface area is 78.1 Å². The molecular formula is C9H16O4. The van der Waals surface area contributed by atoms with Gasteiger partial charge in [0.15, 0.2) is 6.29 Å². The first kappa shape index (κ1) is 9.40. The minimum Gasteiger partial charge on any atom is -0.380 e. The molecular weight excluding hydrogens is 172 g/mol. The van der Waals surface area contributed by atoms with Gasteiger partial charge in [0.05, 0.1) is 39.6 Å². The second-order valence-corrected chi connectivity index (χ2v) is 3.99. The van der Waals surface area contributed by atoms with Crippen molar-refractivity contribution < 1.29 is 18.9 Å². The molecule has 0 radical (unpaired) electrons. The Morgan fingerprint density at radius 2 is 2.00 bits per heavy atom. The molecule has 0 aromatic carbocycles. The van der Waals surface area contributed by atoms with Crippen molar-refractivity contribution in [3.05, 3.63) is 0 Å². The average molecular weight is 188 g/mol. The first-order valence-corrected chi connectivity index (χ1v) is 4.67. The Morgan fingerprint density at radius 3 is 2.54 bits per heavy atom. The Hall–Kier alpha value is -0.160. The molecule has 4 nitrogen and oxygen atoms in total. The van der Waals surface area contributed by atoms with Crippen molar-refractivity contribution in [2.45, 2.75) is 13.2 Å². The van der Waals surface area contributed by atoms with E-state index in [1.807, 2.05) is 0 Å². The van der Waals surface area contributed by atoms with Crippen LogP contribution in [0.1, 0.15) is 6.92 Å². The van der Waals surface area contributed by atoms with E-state index in [0.717, 1.165) is 19.8 Å². The molecule has 2 fully saturated rings. The van der Waals surface area contributed by atoms with E-state index in [-0.39, 0.29) is 11.7 Å². The number of hydrogen-bond acceptors (Lipinski definition) is 4. The number of ether oxygens (including phenoxy) is 4. The highest BCUT2D eigenvalue weighted by Crippen LogP contribution is 2.26. The second kappa shape index (κ2) is 3.92. The molecule has 4 heteroatoms. The van der Waals surface area contributed by atoms with Crippen LogP contribution in [0.15, 0.2) is 0 Å². The van der Waals surface area contributed by atoms with E-state index in [9.17, 15) is 0 Å². The zero-order valence-corrected chi connectivity index (χ0v) is 7.95. The Kier molecular flexibility index (Phi) is 2.83. The summed E-state index contributed by atoms with van der Waals surface area (Å²) in [5, 5.41) is 0. The molecule has 0 aliphatic carbocycles. The molecule has 0 amide bonds. The van der Waals surface area contributed by atoms with Crippen LogP contribution < -0.4 is 0 Å². The minimum atomic E-state index is -0.149. The van der Waals surface area contributed by atoms with E-state index >= 15 is 0 Å². The van der Waals surface area contributed by atoms with E-state index in [1.54, 1.807) is 0 Å². The van der Waals surface area contributed by atoms with Crippen molar-refractivity contribution >= 4 is 0 Å². The van der Waals surface area contributed by atoms with Crippen LogP contribution in [0.25, 0.3) is 0 Å². The van der Waals surface area contributed by atoms with Gasteiger partial charge >= 0.3 is 0 Å². The molecule has 0 saturated carbocycles. The maximum absolute atomic E-state index is 5.49. The van der Waals surface area contributed by atoms with Crippen molar-refractivity contribution in [1.82, 2.24) is 0 Å². The molecule has 0 aromatic rings. The van der Waals surface area contributed by atoms with Crippen molar-refractivity contribution in [1.29, 1.82) is 0 Å². The molecule has 0 bridgehead atoms. The summed E-state index contributed by atoms with van der Waals surface area (Å²) in [6.45, 7) is 6.42. The van der Waals surface area contributed by atoms with Crippen molar-refractivity contribution in [2.24, 2.45) is 5.41 Å². The highest BCUT2D eigenvalue weighted by Gasteiger charge is 2.33. The van der Waals surface area contributed by atoms with E-state index in [0.29, 0.717) is 19.8 Å². The van der Waals surface area contributed by atoms with Gasteiger partial charge in [-0.25, -0.2) is 0 Å². The quantitative estimate of drug-likeness (QED) is 0.640. The lowest BCUT2D eigenvalue weighted by Gasteiger charge is -2.37. The van der Waals surface area contributed by atoms with Crippen LogP contribution in [0.5, 0.6) is 0 Å². The summed E-state index contributed by atoms with van der Waals surface area (Å²) in [7, 11) is 0. The second-order valence-electron chi connectivity index (χ2n) is 3.99. The van der Waals surface area contributed by atoms with Gasteiger partial charge in [0, 0.05) is 5.41 Å². The number of rotatable bonds is 4. The van der Waals surface area contributed by atoms with Gasteiger partial charge in [0.1, 0.15) is 0 Å². The van der Waals surface area contributed by atoms with Crippen LogP contribution in [0.4, 0.5) is 0 Å². The SMILES string of the molecule is CC1(COCC2OCCO2)COC1. The monoisotopic (exact) mass is 188 g/mol. The molecule has 2 rings (SSSR count). The molecule has 2 aliphatic heterocycles. The van der Waals surface area contributed by atoms with Gasteiger partial charge in [-0.15, -0.1) is 0 Å². The molecule has 0 N–H and O–H groups in total. The highest BCUT2D eigenvalue weighted by atomic mass is 16.7. The van der Waals surface area contributed by atoms with Crippen LogP contribution in [0.2, 0.25) is 0 Å². The lowest BCUT2D eigenvalue weighted by molar-refractivity contribution is -0.160. The third kappa shape index (κ3) is 2.40. The van der Waals surface area contributed by atoms with Gasteiger partial charge in [0.25, 0.3) is 0 Å². The summed E-state index contributed by atoms with van der Waals surface area (Å²) < 4.78 is 21.1. The van der Waals surface area contributed by atoms with Crippen LogP contribution in [0.3, 0.4) is 0 Å². The fourth-order valence-electron chi connectivity index (χ4n) is 1.44. The lowest BCUT2D eigenvalue weighted by Crippen LogP contribution is -2.44. The molecule has 0 atom stereocenters. The molecule has 2 saturated heterocycles. The number of hydrogen-bond donors (Lipinski definition) is 0. The third-order valence-electron chi connectivity index (χ3n) is 2.30. The summed E-state index contributed by atoms with van der Waals surface area (Å²) in [6, 6.07) is 0. The fourth-order valence-corrected chi connectivity index (χ4v) is 1.44. The van der Waals surface area contributed by atoms with Gasteiger partial charge in [-0.2, -0.15) is 0 Å². The summed E-state index contributed by atoms with van der Waals surface area (Å²) in [5.41, 5.74) is 0.221. The normalized spacial score (nSPS) is 27.5. The van der Waals surface area contributed by atoms with Gasteiger partial charge in [-0.05, 0) is 0 Å². The Morgan fingerprint density at radius 1 is 1.31 bits per heavy atom. The van der Waals surface area contributed by atoms with Gasteiger partial charge in [-0.1, -0.05) is 6.92 Å². The van der Waals surface area contributed by atoms with Gasteiger partial charge in [0.2, 0.25) is 0 Å². The topological polar surface area (TPSA) is 36.9 Å². The zero-order valence-electron chi connectivity index (χ0n) is 7.95. The molecule has 0 unspecified atom stereocenters. The zero-order chi connectivity index (χ0) is 9.15. The first-order chi connectivity index (χ1) is 6.29. The molecule has 76 valence electrons. The molecule has 2 aliphatic rings. The van der Waals surface area contributed by atoms with Gasteiger partial charge < -0.3 is 18.9 Å². The molecule has 13 heavy (non-hydrogen) atoms.